The number of sulfone groups is 1. The fourth-order valence-corrected chi connectivity index (χ4v) is 3.13. The molecule has 8 heteroatoms. The van der Waals surface area contributed by atoms with Gasteiger partial charge in [-0.05, 0) is 31.2 Å². The average molecular weight is 339 g/mol. The van der Waals surface area contributed by atoms with Crippen molar-refractivity contribution in [3.8, 4) is 5.69 Å². The van der Waals surface area contributed by atoms with Crippen molar-refractivity contribution in [2.75, 3.05) is 11.5 Å². The molecule has 1 N–H and O–H groups in total. The van der Waals surface area contributed by atoms with Crippen LogP contribution in [0.5, 0.6) is 0 Å². The van der Waals surface area contributed by atoms with Crippen molar-refractivity contribution in [1.29, 1.82) is 0 Å². The molecule has 1 aromatic carbocycles. The summed E-state index contributed by atoms with van der Waals surface area (Å²) in [5.74, 6) is -0.970. The Morgan fingerprint density at radius 2 is 2.13 bits per heavy atom. The first kappa shape index (κ1) is 17.1. The minimum atomic E-state index is -3.17. The van der Waals surface area contributed by atoms with Crippen LogP contribution in [0.4, 0.5) is 4.39 Å². The van der Waals surface area contributed by atoms with E-state index in [0.717, 1.165) is 0 Å². The minimum absolute atomic E-state index is 0.0292. The van der Waals surface area contributed by atoms with E-state index < -0.39 is 27.6 Å². The lowest BCUT2D eigenvalue weighted by Gasteiger charge is -2.12. The Kier molecular flexibility index (Phi) is 5.15. The van der Waals surface area contributed by atoms with Crippen LogP contribution < -0.4 is 5.32 Å². The molecule has 0 aliphatic rings. The summed E-state index contributed by atoms with van der Waals surface area (Å²) in [5.41, 5.74) is 0.626. The van der Waals surface area contributed by atoms with Gasteiger partial charge in [0, 0.05) is 18.0 Å². The number of nitrogens with one attached hydrogen (secondary N) is 1. The quantitative estimate of drug-likeness (QED) is 0.866. The van der Waals surface area contributed by atoms with Gasteiger partial charge < -0.3 is 5.32 Å². The highest BCUT2D eigenvalue weighted by molar-refractivity contribution is 7.91. The molecule has 2 aromatic rings. The topological polar surface area (TPSA) is 81.1 Å². The third kappa shape index (κ3) is 4.62. The van der Waals surface area contributed by atoms with Crippen LogP contribution in [0.2, 0.25) is 0 Å². The lowest BCUT2D eigenvalue weighted by Crippen LogP contribution is -2.38. The Labute approximate surface area is 134 Å². The summed E-state index contributed by atoms with van der Waals surface area (Å²) in [6.45, 7) is 3.18. The van der Waals surface area contributed by atoms with Crippen molar-refractivity contribution in [3.05, 3.63) is 48.0 Å². The summed E-state index contributed by atoms with van der Waals surface area (Å²) < 4.78 is 37.7. The van der Waals surface area contributed by atoms with Gasteiger partial charge in [-0.2, -0.15) is 5.10 Å². The summed E-state index contributed by atoms with van der Waals surface area (Å²) in [6.07, 6.45) is 1.54. The predicted octanol–water partition coefficient (Wildman–Crippen LogP) is 1.56. The van der Waals surface area contributed by atoms with Crippen LogP contribution in [-0.4, -0.2) is 41.7 Å². The molecule has 6 nitrogen and oxygen atoms in total. The largest absolute Gasteiger partial charge is 0.347 e. The van der Waals surface area contributed by atoms with E-state index in [0.29, 0.717) is 5.69 Å². The normalized spacial score (nSPS) is 12.8. The van der Waals surface area contributed by atoms with Crippen LogP contribution in [0.1, 0.15) is 24.3 Å². The maximum absolute atomic E-state index is 13.2. The Hall–Kier alpha value is -2.22. The molecule has 124 valence electrons. The second kappa shape index (κ2) is 6.91. The molecule has 0 fully saturated rings. The van der Waals surface area contributed by atoms with E-state index in [4.69, 9.17) is 0 Å². The standard InChI is InChI=1S/C15H18FN3O3S/c1-3-23(21,22)10-11(2)17-15(20)14-7-8-19(18-14)13-6-4-5-12(16)9-13/h4-9,11H,3,10H2,1-2H3,(H,17,20)/t11-/m0/s1. The zero-order valence-electron chi connectivity index (χ0n) is 12.9. The third-order valence-electron chi connectivity index (χ3n) is 3.22. The van der Waals surface area contributed by atoms with Crippen LogP contribution in [0.25, 0.3) is 5.69 Å². The van der Waals surface area contributed by atoms with E-state index in [9.17, 15) is 17.6 Å². The Morgan fingerprint density at radius 1 is 1.39 bits per heavy atom. The van der Waals surface area contributed by atoms with Crippen LogP contribution in [0.15, 0.2) is 36.5 Å². The van der Waals surface area contributed by atoms with Gasteiger partial charge in [-0.3, -0.25) is 4.79 Å². The Morgan fingerprint density at radius 3 is 2.78 bits per heavy atom. The predicted molar refractivity (Wildman–Crippen MR) is 84.8 cm³/mol. The van der Waals surface area contributed by atoms with Gasteiger partial charge in [0.2, 0.25) is 0 Å². The van der Waals surface area contributed by atoms with Crippen molar-refractivity contribution in [3.63, 3.8) is 0 Å². The van der Waals surface area contributed by atoms with Gasteiger partial charge in [0.15, 0.2) is 15.5 Å². The van der Waals surface area contributed by atoms with Gasteiger partial charge in [-0.15, -0.1) is 0 Å². The van der Waals surface area contributed by atoms with E-state index in [1.165, 1.54) is 29.1 Å². The number of nitrogens with zero attached hydrogens (tertiary/aromatic N) is 2. The number of hydrogen-bond donors (Lipinski definition) is 1. The summed E-state index contributed by atoms with van der Waals surface area (Å²) >= 11 is 0. The number of amides is 1. The first-order valence-corrected chi connectivity index (χ1v) is 8.96. The van der Waals surface area contributed by atoms with E-state index in [-0.39, 0.29) is 17.2 Å². The first-order valence-electron chi connectivity index (χ1n) is 7.13. The monoisotopic (exact) mass is 339 g/mol. The molecular weight excluding hydrogens is 321 g/mol. The number of aromatic nitrogens is 2. The number of benzene rings is 1. The van der Waals surface area contributed by atoms with Crippen molar-refractivity contribution >= 4 is 15.7 Å². The van der Waals surface area contributed by atoms with Crippen LogP contribution in [0, 0.1) is 5.82 Å². The smallest absolute Gasteiger partial charge is 0.272 e. The molecule has 2 rings (SSSR count). The van der Waals surface area contributed by atoms with Crippen LogP contribution >= 0.6 is 0 Å². The molecule has 0 bridgehead atoms. The maximum atomic E-state index is 13.2. The maximum Gasteiger partial charge on any atom is 0.272 e. The van der Waals surface area contributed by atoms with Gasteiger partial charge in [0.25, 0.3) is 5.91 Å². The van der Waals surface area contributed by atoms with Gasteiger partial charge in [-0.1, -0.05) is 13.0 Å². The Bertz CT molecular complexity index is 802. The molecule has 1 atom stereocenters. The highest BCUT2D eigenvalue weighted by atomic mass is 32.2. The molecule has 0 unspecified atom stereocenters. The van der Waals surface area contributed by atoms with Gasteiger partial charge in [0.1, 0.15) is 5.82 Å². The zero-order valence-corrected chi connectivity index (χ0v) is 13.7. The van der Waals surface area contributed by atoms with Crippen LogP contribution in [-0.2, 0) is 9.84 Å². The molecule has 0 spiro atoms. The number of halogens is 1. The second-order valence-electron chi connectivity index (χ2n) is 5.20. The van der Waals surface area contributed by atoms with E-state index in [2.05, 4.69) is 10.4 Å². The molecule has 0 saturated heterocycles. The molecule has 0 radical (unpaired) electrons. The number of hydrogen-bond acceptors (Lipinski definition) is 4. The van der Waals surface area contributed by atoms with Crippen molar-refractivity contribution in [2.45, 2.75) is 19.9 Å². The van der Waals surface area contributed by atoms with E-state index in [1.807, 2.05) is 0 Å². The fourth-order valence-electron chi connectivity index (χ4n) is 2.05. The minimum Gasteiger partial charge on any atom is -0.347 e. The second-order valence-corrected chi connectivity index (χ2v) is 7.60. The van der Waals surface area contributed by atoms with Crippen molar-refractivity contribution in [1.82, 2.24) is 15.1 Å². The number of carbonyl (C=O) groups is 1. The molecule has 0 aliphatic carbocycles. The van der Waals surface area contributed by atoms with Gasteiger partial charge >= 0.3 is 0 Å². The molecule has 0 aliphatic heterocycles. The molecule has 0 saturated carbocycles. The molecule has 1 heterocycles. The molecule has 1 aromatic heterocycles. The number of rotatable bonds is 6. The molecule has 23 heavy (non-hydrogen) atoms. The molecule has 1 amide bonds. The van der Waals surface area contributed by atoms with Crippen molar-refractivity contribution < 1.29 is 17.6 Å². The summed E-state index contributed by atoms with van der Waals surface area (Å²) in [4.78, 5) is 12.1. The van der Waals surface area contributed by atoms with Crippen molar-refractivity contribution in [2.24, 2.45) is 0 Å². The van der Waals surface area contributed by atoms with E-state index >= 15 is 0 Å². The third-order valence-corrected chi connectivity index (χ3v) is 5.10. The van der Waals surface area contributed by atoms with E-state index in [1.54, 1.807) is 26.0 Å². The van der Waals surface area contributed by atoms with Gasteiger partial charge in [0.05, 0.1) is 11.4 Å². The zero-order chi connectivity index (χ0) is 17.0. The fraction of sp³-hybridized carbons (Fsp3) is 0.333. The summed E-state index contributed by atoms with van der Waals surface area (Å²) in [6, 6.07) is 6.78. The first-order chi connectivity index (χ1) is 10.8. The Balaban J connectivity index is 2.07. The lowest BCUT2D eigenvalue weighted by atomic mass is 10.3. The van der Waals surface area contributed by atoms with Gasteiger partial charge in [-0.25, -0.2) is 17.5 Å². The summed E-state index contributed by atoms with van der Waals surface area (Å²) in [5, 5.41) is 6.67. The lowest BCUT2D eigenvalue weighted by molar-refractivity contribution is 0.0938. The van der Waals surface area contributed by atoms with Crippen LogP contribution in [0.3, 0.4) is 0 Å². The SMILES string of the molecule is CCS(=O)(=O)C[C@H](C)NC(=O)c1ccn(-c2cccc(F)c2)n1. The summed E-state index contributed by atoms with van der Waals surface area (Å²) in [7, 11) is -3.17. The highest BCUT2D eigenvalue weighted by Gasteiger charge is 2.18. The number of carbonyl (C=O) groups excluding carboxylic acids is 1. The highest BCUT2D eigenvalue weighted by Crippen LogP contribution is 2.09. The molecular formula is C15H18FN3O3S. The average Bonchev–Trinajstić information content (AvgIpc) is 2.96.